The molecule has 0 spiro atoms. The van der Waals surface area contributed by atoms with Gasteiger partial charge in [0.1, 0.15) is 0 Å². The molecular formula is C21H23NO. The van der Waals surface area contributed by atoms with Crippen LogP contribution in [0.3, 0.4) is 0 Å². The molecule has 5 rings (SSSR count). The van der Waals surface area contributed by atoms with Crippen LogP contribution in [0.2, 0.25) is 0 Å². The highest BCUT2D eigenvalue weighted by Gasteiger charge is 2.42. The van der Waals surface area contributed by atoms with E-state index in [0.29, 0.717) is 30.0 Å². The number of carbonyl (C=O) groups is 1. The monoisotopic (exact) mass is 305 g/mol. The zero-order valence-corrected chi connectivity index (χ0v) is 13.4. The predicted octanol–water partition coefficient (Wildman–Crippen LogP) is 3.99. The second kappa shape index (κ2) is 6.29. The molecule has 2 heteroatoms. The van der Waals surface area contributed by atoms with Crippen molar-refractivity contribution in [2.45, 2.75) is 18.8 Å². The Balaban J connectivity index is 1.52. The summed E-state index contributed by atoms with van der Waals surface area (Å²) in [5.74, 6) is 2.04. The van der Waals surface area contributed by atoms with E-state index in [-0.39, 0.29) is 0 Å². The Morgan fingerprint density at radius 3 is 2.35 bits per heavy atom. The van der Waals surface area contributed by atoms with Gasteiger partial charge in [-0.1, -0.05) is 60.7 Å². The minimum atomic E-state index is 0.302. The van der Waals surface area contributed by atoms with Crippen molar-refractivity contribution in [3.05, 3.63) is 71.8 Å². The predicted molar refractivity (Wildman–Crippen MR) is 92.6 cm³/mol. The van der Waals surface area contributed by atoms with Crippen LogP contribution in [-0.4, -0.2) is 30.3 Å². The fourth-order valence-corrected chi connectivity index (χ4v) is 4.48. The third-order valence-corrected chi connectivity index (χ3v) is 5.62. The van der Waals surface area contributed by atoms with Gasteiger partial charge in [0.15, 0.2) is 5.78 Å². The molecule has 3 aliphatic heterocycles. The number of ketones is 1. The maximum absolute atomic E-state index is 12.6. The summed E-state index contributed by atoms with van der Waals surface area (Å²) in [7, 11) is 0. The van der Waals surface area contributed by atoms with E-state index in [2.05, 4.69) is 35.2 Å². The lowest BCUT2D eigenvalue weighted by Crippen LogP contribution is -2.52. The lowest BCUT2D eigenvalue weighted by molar-refractivity contribution is 0.0259. The average molecular weight is 305 g/mol. The molecule has 3 heterocycles. The normalized spacial score (nSPS) is 29.4. The summed E-state index contributed by atoms with van der Waals surface area (Å²) in [6.07, 6.45) is 1.92. The van der Waals surface area contributed by atoms with E-state index in [1.54, 1.807) is 0 Å². The first-order valence-electron chi connectivity index (χ1n) is 8.67. The summed E-state index contributed by atoms with van der Waals surface area (Å²) in [5.41, 5.74) is 2.30. The lowest BCUT2D eigenvalue weighted by Gasteiger charge is -2.50. The summed E-state index contributed by atoms with van der Waals surface area (Å²) in [6.45, 7) is 3.45. The molecule has 0 radical (unpaired) electrons. The largest absolute Gasteiger partial charge is 0.302 e. The molecule has 2 aromatic carbocycles. The van der Waals surface area contributed by atoms with Gasteiger partial charge in [-0.2, -0.15) is 0 Å². The summed E-state index contributed by atoms with van der Waals surface area (Å²) in [4.78, 5) is 15.2. The molecule has 0 amide bonds. The summed E-state index contributed by atoms with van der Waals surface area (Å²) in [5, 5.41) is 0. The van der Waals surface area contributed by atoms with Gasteiger partial charge >= 0.3 is 0 Å². The SMILES string of the molecule is O=C(CC1CN2CCC1C(c1ccccc1)C2)c1ccccc1. The minimum absolute atomic E-state index is 0.302. The highest BCUT2D eigenvalue weighted by Crippen LogP contribution is 2.43. The fraction of sp³-hybridized carbons (Fsp3) is 0.381. The number of benzene rings is 2. The molecule has 0 aliphatic carbocycles. The third kappa shape index (κ3) is 2.96. The molecular weight excluding hydrogens is 282 g/mol. The Morgan fingerprint density at radius 2 is 1.65 bits per heavy atom. The fourth-order valence-electron chi connectivity index (χ4n) is 4.48. The van der Waals surface area contributed by atoms with Gasteiger partial charge in [-0.3, -0.25) is 4.79 Å². The number of hydrogen-bond donors (Lipinski definition) is 0. The van der Waals surface area contributed by atoms with Crippen molar-refractivity contribution in [3.63, 3.8) is 0 Å². The van der Waals surface area contributed by atoms with Crippen molar-refractivity contribution in [1.29, 1.82) is 0 Å². The Kier molecular flexibility index (Phi) is 4.00. The van der Waals surface area contributed by atoms with Crippen LogP contribution in [0, 0.1) is 11.8 Å². The van der Waals surface area contributed by atoms with Crippen molar-refractivity contribution in [1.82, 2.24) is 4.90 Å². The number of carbonyl (C=O) groups excluding carboxylic acids is 1. The molecule has 118 valence electrons. The Labute approximate surface area is 138 Å². The smallest absolute Gasteiger partial charge is 0.163 e. The van der Waals surface area contributed by atoms with Crippen molar-refractivity contribution in [2.75, 3.05) is 19.6 Å². The van der Waals surface area contributed by atoms with Crippen molar-refractivity contribution < 1.29 is 4.79 Å². The van der Waals surface area contributed by atoms with Crippen LogP contribution in [0.15, 0.2) is 60.7 Å². The zero-order valence-electron chi connectivity index (χ0n) is 13.4. The Hall–Kier alpha value is -1.93. The number of Topliss-reactive ketones (excluding diaryl/α,β-unsaturated/α-hetero) is 1. The maximum atomic E-state index is 12.6. The molecule has 3 fully saturated rings. The third-order valence-electron chi connectivity index (χ3n) is 5.62. The molecule has 4 unspecified atom stereocenters. The molecule has 23 heavy (non-hydrogen) atoms. The zero-order chi connectivity index (χ0) is 15.6. The van der Waals surface area contributed by atoms with Crippen LogP contribution in [-0.2, 0) is 0 Å². The first-order chi connectivity index (χ1) is 11.3. The molecule has 3 aliphatic rings. The van der Waals surface area contributed by atoms with Gasteiger partial charge in [-0.25, -0.2) is 0 Å². The summed E-state index contributed by atoms with van der Waals surface area (Å²) >= 11 is 0. The van der Waals surface area contributed by atoms with Crippen molar-refractivity contribution >= 4 is 5.78 Å². The van der Waals surface area contributed by atoms with Gasteiger partial charge in [0.2, 0.25) is 0 Å². The van der Waals surface area contributed by atoms with Crippen LogP contribution < -0.4 is 0 Å². The molecule has 0 N–H and O–H groups in total. The second-order valence-corrected chi connectivity index (χ2v) is 6.98. The summed E-state index contributed by atoms with van der Waals surface area (Å²) < 4.78 is 0. The molecule has 3 saturated heterocycles. The molecule has 2 aromatic rings. The Morgan fingerprint density at radius 1 is 0.957 bits per heavy atom. The van der Waals surface area contributed by atoms with Crippen molar-refractivity contribution in [2.24, 2.45) is 11.8 Å². The number of hydrogen-bond acceptors (Lipinski definition) is 2. The van der Waals surface area contributed by atoms with Crippen LogP contribution in [0.25, 0.3) is 0 Å². The average Bonchev–Trinajstić information content (AvgIpc) is 2.63. The van der Waals surface area contributed by atoms with E-state index in [1.807, 2.05) is 30.3 Å². The van der Waals surface area contributed by atoms with Crippen LogP contribution in [0.4, 0.5) is 0 Å². The van der Waals surface area contributed by atoms with Crippen LogP contribution in [0.1, 0.15) is 34.7 Å². The first-order valence-corrected chi connectivity index (χ1v) is 8.67. The molecule has 0 aromatic heterocycles. The highest BCUT2D eigenvalue weighted by atomic mass is 16.1. The molecule has 2 bridgehead atoms. The molecule has 4 atom stereocenters. The Bertz CT molecular complexity index is 667. The summed E-state index contributed by atoms with van der Waals surface area (Å²) in [6, 6.07) is 20.6. The number of piperidine rings is 3. The first kappa shape index (κ1) is 14.6. The number of rotatable bonds is 4. The number of nitrogens with zero attached hydrogens (tertiary/aromatic N) is 1. The quantitative estimate of drug-likeness (QED) is 0.796. The van der Waals surface area contributed by atoms with Crippen LogP contribution >= 0.6 is 0 Å². The second-order valence-electron chi connectivity index (χ2n) is 6.98. The molecule has 0 saturated carbocycles. The van der Waals surface area contributed by atoms with E-state index >= 15 is 0 Å². The van der Waals surface area contributed by atoms with E-state index in [9.17, 15) is 4.79 Å². The molecule has 2 nitrogen and oxygen atoms in total. The van der Waals surface area contributed by atoms with Gasteiger partial charge in [-0.05, 0) is 36.3 Å². The lowest BCUT2D eigenvalue weighted by atomic mass is 9.68. The van der Waals surface area contributed by atoms with Gasteiger partial charge in [0.25, 0.3) is 0 Å². The number of fused-ring (bicyclic) bond motifs is 3. The van der Waals surface area contributed by atoms with Gasteiger partial charge in [0.05, 0.1) is 0 Å². The van der Waals surface area contributed by atoms with Gasteiger partial charge < -0.3 is 4.90 Å². The topological polar surface area (TPSA) is 20.3 Å². The van der Waals surface area contributed by atoms with E-state index < -0.39 is 0 Å². The van der Waals surface area contributed by atoms with E-state index in [1.165, 1.54) is 18.5 Å². The standard InChI is InChI=1S/C21H23NO/c23-21(17-9-5-2-6-10-17)13-18-14-22-12-11-19(18)20(15-22)16-7-3-1-4-8-16/h1-10,18-20H,11-15H2. The van der Waals surface area contributed by atoms with Gasteiger partial charge in [0, 0.05) is 25.1 Å². The minimum Gasteiger partial charge on any atom is -0.302 e. The van der Waals surface area contributed by atoms with Gasteiger partial charge in [-0.15, -0.1) is 0 Å². The van der Waals surface area contributed by atoms with E-state index in [0.717, 1.165) is 18.7 Å². The highest BCUT2D eigenvalue weighted by molar-refractivity contribution is 5.96. The maximum Gasteiger partial charge on any atom is 0.163 e. The van der Waals surface area contributed by atoms with E-state index in [4.69, 9.17) is 0 Å². The van der Waals surface area contributed by atoms with Crippen molar-refractivity contribution in [3.8, 4) is 0 Å². The van der Waals surface area contributed by atoms with Crippen LogP contribution in [0.5, 0.6) is 0 Å².